The van der Waals surface area contributed by atoms with Gasteiger partial charge in [-0.3, -0.25) is 9.48 Å². The molecule has 0 saturated carbocycles. The van der Waals surface area contributed by atoms with Gasteiger partial charge in [-0.15, -0.1) is 24.0 Å². The predicted molar refractivity (Wildman–Crippen MR) is 125 cm³/mol. The van der Waals surface area contributed by atoms with E-state index in [0.717, 1.165) is 23.9 Å². The molecule has 1 saturated heterocycles. The first-order valence-electron chi connectivity index (χ1n) is 9.60. The van der Waals surface area contributed by atoms with E-state index in [9.17, 15) is 4.79 Å². The van der Waals surface area contributed by atoms with Crippen molar-refractivity contribution in [3.8, 4) is 5.75 Å². The van der Waals surface area contributed by atoms with E-state index in [4.69, 9.17) is 4.74 Å². The van der Waals surface area contributed by atoms with E-state index < -0.39 is 0 Å². The molecule has 1 aromatic heterocycles. The number of amides is 1. The number of benzene rings is 1. The van der Waals surface area contributed by atoms with Gasteiger partial charge < -0.3 is 19.9 Å². The van der Waals surface area contributed by atoms with E-state index in [0.29, 0.717) is 19.6 Å². The Morgan fingerprint density at radius 2 is 2.07 bits per heavy atom. The first-order chi connectivity index (χ1) is 13.6. The van der Waals surface area contributed by atoms with E-state index in [1.54, 1.807) is 15.8 Å². The van der Waals surface area contributed by atoms with Crippen molar-refractivity contribution in [2.45, 2.75) is 20.0 Å². The quantitative estimate of drug-likeness (QED) is 0.365. The minimum Gasteiger partial charge on any atom is -0.489 e. The van der Waals surface area contributed by atoms with Crippen LogP contribution in [-0.4, -0.2) is 65.4 Å². The van der Waals surface area contributed by atoms with E-state index in [2.05, 4.69) is 15.4 Å². The molecule has 0 radical (unpaired) electrons. The lowest BCUT2D eigenvalue weighted by atomic mass is 10.3. The van der Waals surface area contributed by atoms with Crippen LogP contribution in [0.1, 0.15) is 13.8 Å². The highest BCUT2D eigenvalue weighted by molar-refractivity contribution is 14.0. The number of carbonyl (C=O) groups is 1. The third-order valence-corrected chi connectivity index (χ3v) is 4.44. The molecule has 0 bridgehead atoms. The molecule has 158 valence electrons. The highest BCUT2D eigenvalue weighted by Crippen LogP contribution is 2.16. The largest absolute Gasteiger partial charge is 0.489 e. The number of aromatic nitrogens is 2. The van der Waals surface area contributed by atoms with Crippen LogP contribution in [0, 0.1) is 0 Å². The summed E-state index contributed by atoms with van der Waals surface area (Å²) in [6.07, 6.45) is 3.51. The number of para-hydroxylation sites is 1. The second-order valence-electron chi connectivity index (χ2n) is 6.78. The molecule has 0 spiro atoms. The summed E-state index contributed by atoms with van der Waals surface area (Å²) in [5.41, 5.74) is 0.832. The Morgan fingerprint density at radius 3 is 2.69 bits per heavy atom. The van der Waals surface area contributed by atoms with E-state index in [1.165, 1.54) is 0 Å². The zero-order valence-electron chi connectivity index (χ0n) is 17.1. The monoisotopic (exact) mass is 512 g/mol. The van der Waals surface area contributed by atoms with Gasteiger partial charge in [-0.05, 0) is 26.0 Å². The van der Waals surface area contributed by atoms with Crippen LogP contribution in [0.2, 0.25) is 0 Å². The van der Waals surface area contributed by atoms with Crippen molar-refractivity contribution >= 4 is 41.5 Å². The fraction of sp³-hybridized carbons (Fsp3) is 0.450. The number of halogens is 1. The number of ether oxygens (including phenoxy) is 1. The summed E-state index contributed by atoms with van der Waals surface area (Å²) in [4.78, 5) is 21.1. The maximum Gasteiger partial charge on any atom is 0.246 e. The lowest BCUT2D eigenvalue weighted by Crippen LogP contribution is -2.55. The maximum atomic E-state index is 12.6. The molecule has 1 aliphatic rings. The minimum atomic E-state index is -0.0663. The minimum absolute atomic E-state index is 0. The molecule has 2 aromatic rings. The highest BCUT2D eigenvalue weighted by atomic mass is 127. The van der Waals surface area contributed by atoms with Crippen molar-refractivity contribution in [1.29, 1.82) is 0 Å². The van der Waals surface area contributed by atoms with Crippen LogP contribution in [-0.2, 0) is 11.8 Å². The molecule has 1 N–H and O–H groups in total. The number of hydrogen-bond acceptors (Lipinski definition) is 4. The first kappa shape index (κ1) is 23.0. The van der Waals surface area contributed by atoms with Gasteiger partial charge in [0.1, 0.15) is 18.4 Å². The smallest absolute Gasteiger partial charge is 0.246 e. The second kappa shape index (κ2) is 11.0. The summed E-state index contributed by atoms with van der Waals surface area (Å²) >= 11 is 0. The van der Waals surface area contributed by atoms with Gasteiger partial charge in [0.05, 0.1) is 18.4 Å². The molecule has 1 atom stereocenters. The van der Waals surface area contributed by atoms with Crippen LogP contribution in [0.4, 0.5) is 5.69 Å². The number of rotatable bonds is 6. The van der Waals surface area contributed by atoms with Crippen LogP contribution in [0.25, 0.3) is 0 Å². The van der Waals surface area contributed by atoms with Gasteiger partial charge in [-0.2, -0.15) is 5.10 Å². The van der Waals surface area contributed by atoms with Gasteiger partial charge >= 0.3 is 0 Å². The average Bonchev–Trinajstić information content (AvgIpc) is 3.12. The number of hydrogen-bond donors (Lipinski definition) is 1. The molecule has 29 heavy (non-hydrogen) atoms. The SMILES string of the molecule is CCNC(=NCC(C)Oc1ccccc1)N1CCN(c2cnn(C)c2)C(=O)C1.I. The third-order valence-electron chi connectivity index (χ3n) is 4.44. The fourth-order valence-electron chi connectivity index (χ4n) is 3.08. The summed E-state index contributed by atoms with van der Waals surface area (Å²) in [6, 6.07) is 9.72. The van der Waals surface area contributed by atoms with Gasteiger partial charge in [0.2, 0.25) is 5.91 Å². The Morgan fingerprint density at radius 1 is 1.31 bits per heavy atom. The first-order valence-corrected chi connectivity index (χ1v) is 9.60. The Kier molecular flexibility index (Phi) is 8.74. The number of nitrogens with zero attached hydrogens (tertiary/aromatic N) is 5. The lowest BCUT2D eigenvalue weighted by molar-refractivity contribution is -0.120. The zero-order valence-corrected chi connectivity index (χ0v) is 19.4. The lowest BCUT2D eigenvalue weighted by Gasteiger charge is -2.35. The fourth-order valence-corrected chi connectivity index (χ4v) is 3.08. The predicted octanol–water partition coefficient (Wildman–Crippen LogP) is 2.12. The number of guanidine groups is 1. The van der Waals surface area contributed by atoms with Crippen LogP contribution >= 0.6 is 24.0 Å². The molecule has 9 heteroatoms. The van der Waals surface area contributed by atoms with Gasteiger partial charge in [-0.25, -0.2) is 4.99 Å². The van der Waals surface area contributed by atoms with Crippen LogP contribution in [0.3, 0.4) is 0 Å². The maximum absolute atomic E-state index is 12.6. The molecule has 0 aliphatic carbocycles. The molecule has 1 fully saturated rings. The molecule has 3 rings (SSSR count). The molecule has 1 unspecified atom stereocenters. The van der Waals surface area contributed by atoms with Crippen molar-refractivity contribution in [2.75, 3.05) is 37.6 Å². The summed E-state index contributed by atoms with van der Waals surface area (Å²) in [5, 5.41) is 7.44. The molecule has 1 amide bonds. The van der Waals surface area contributed by atoms with Gasteiger partial charge in [0, 0.05) is 32.9 Å². The van der Waals surface area contributed by atoms with Crippen molar-refractivity contribution in [2.24, 2.45) is 12.0 Å². The van der Waals surface area contributed by atoms with Crippen molar-refractivity contribution in [3.63, 3.8) is 0 Å². The molecule has 1 aromatic carbocycles. The Hall–Kier alpha value is -2.30. The van der Waals surface area contributed by atoms with Gasteiger partial charge in [0.15, 0.2) is 5.96 Å². The van der Waals surface area contributed by atoms with Crippen molar-refractivity contribution in [1.82, 2.24) is 20.0 Å². The van der Waals surface area contributed by atoms with E-state index >= 15 is 0 Å². The molecule has 2 heterocycles. The van der Waals surface area contributed by atoms with Gasteiger partial charge in [-0.1, -0.05) is 18.2 Å². The van der Waals surface area contributed by atoms with E-state index in [1.807, 2.05) is 62.3 Å². The van der Waals surface area contributed by atoms with Crippen LogP contribution in [0.5, 0.6) is 5.75 Å². The standard InChI is InChI=1S/C20H28N6O2.HI/c1-4-21-20(22-12-16(2)28-18-8-6-5-7-9-18)25-10-11-26(19(27)15-25)17-13-23-24(3)14-17;/h5-9,13-14,16H,4,10-12,15H2,1-3H3,(H,21,22);1H. The molecular formula is C20H29IN6O2. The van der Waals surface area contributed by atoms with Crippen molar-refractivity contribution in [3.05, 3.63) is 42.7 Å². The Labute approximate surface area is 188 Å². The summed E-state index contributed by atoms with van der Waals surface area (Å²) in [6.45, 7) is 6.86. The molecular weight excluding hydrogens is 483 g/mol. The van der Waals surface area contributed by atoms with Crippen LogP contribution < -0.4 is 15.0 Å². The molecule has 1 aliphatic heterocycles. The zero-order chi connectivity index (χ0) is 19.9. The Balaban J connectivity index is 0.00000300. The number of anilines is 1. The van der Waals surface area contributed by atoms with E-state index in [-0.39, 0.29) is 42.5 Å². The topological polar surface area (TPSA) is 75.0 Å². The number of aryl methyl sites for hydroxylation is 1. The third kappa shape index (κ3) is 6.34. The highest BCUT2D eigenvalue weighted by Gasteiger charge is 2.27. The summed E-state index contributed by atoms with van der Waals surface area (Å²) < 4.78 is 7.59. The van der Waals surface area contributed by atoms with Gasteiger partial charge in [0.25, 0.3) is 0 Å². The average molecular weight is 512 g/mol. The summed E-state index contributed by atoms with van der Waals surface area (Å²) in [5.74, 6) is 1.61. The number of piperazine rings is 1. The van der Waals surface area contributed by atoms with Crippen molar-refractivity contribution < 1.29 is 9.53 Å². The van der Waals surface area contributed by atoms with Crippen LogP contribution in [0.15, 0.2) is 47.7 Å². The normalized spacial score (nSPS) is 15.7. The molecule has 8 nitrogen and oxygen atoms in total. The Bertz CT molecular complexity index is 810. The summed E-state index contributed by atoms with van der Waals surface area (Å²) in [7, 11) is 1.85. The number of nitrogens with one attached hydrogen (secondary N) is 1. The number of aliphatic imine (C=N–C) groups is 1. The second-order valence-corrected chi connectivity index (χ2v) is 6.78. The number of carbonyl (C=O) groups excluding carboxylic acids is 1.